The minimum Gasteiger partial charge on any atom is -0.394 e. The topological polar surface area (TPSA) is 102 Å². The maximum atomic E-state index is 10.9. The summed E-state index contributed by atoms with van der Waals surface area (Å²) >= 11 is 0. The van der Waals surface area contributed by atoms with Gasteiger partial charge < -0.3 is 5.73 Å². The Morgan fingerprint density at radius 1 is 1.54 bits per heavy atom. The van der Waals surface area contributed by atoms with Crippen LogP contribution in [0.4, 0.5) is 5.69 Å². The van der Waals surface area contributed by atoms with Crippen LogP contribution in [0, 0.1) is 0 Å². The lowest BCUT2D eigenvalue weighted by atomic mass is 10.4. The van der Waals surface area contributed by atoms with Crippen molar-refractivity contribution in [2.75, 3.05) is 5.73 Å². The Morgan fingerprint density at radius 3 is 3.00 bits per heavy atom. The predicted molar refractivity (Wildman–Crippen MR) is 44.2 cm³/mol. The average Bonchev–Trinajstić information content (AvgIpc) is 2.62. The molecule has 2 rings (SSSR count). The number of nitrogens with two attached hydrogens (primary N) is 1. The van der Waals surface area contributed by atoms with Gasteiger partial charge in [0.15, 0.2) is 5.82 Å². The van der Waals surface area contributed by atoms with Crippen molar-refractivity contribution in [3.05, 3.63) is 29.1 Å². The molecule has 2 aromatic heterocycles. The molecular weight excluding hydrogens is 172 g/mol. The number of rotatable bonds is 1. The van der Waals surface area contributed by atoms with E-state index in [-0.39, 0.29) is 5.69 Å². The van der Waals surface area contributed by atoms with Crippen LogP contribution in [-0.2, 0) is 0 Å². The summed E-state index contributed by atoms with van der Waals surface area (Å²) in [4.78, 5) is 14.6. The van der Waals surface area contributed by atoms with Gasteiger partial charge in [-0.3, -0.25) is 4.79 Å². The number of anilines is 1. The number of nitrogens with one attached hydrogen (secondary N) is 1. The van der Waals surface area contributed by atoms with Crippen molar-refractivity contribution in [2.24, 2.45) is 0 Å². The van der Waals surface area contributed by atoms with Crippen molar-refractivity contribution in [3.8, 4) is 5.82 Å². The van der Waals surface area contributed by atoms with Gasteiger partial charge in [-0.25, -0.2) is 14.8 Å². The fourth-order valence-corrected chi connectivity index (χ4v) is 0.853. The van der Waals surface area contributed by atoms with E-state index in [2.05, 4.69) is 20.3 Å². The standard InChI is InChI=1S/C6H6N6O/c7-4-1-5(10-11-6(4)13)12-3-8-2-9-12/h1-3H,(H2,7,10)(H,11,13). The van der Waals surface area contributed by atoms with Crippen molar-refractivity contribution < 1.29 is 0 Å². The number of nitrogens with zero attached hydrogens (tertiary/aromatic N) is 4. The highest BCUT2D eigenvalue weighted by atomic mass is 16.1. The molecule has 0 aliphatic rings. The van der Waals surface area contributed by atoms with Gasteiger partial charge in [-0.15, -0.1) is 0 Å². The van der Waals surface area contributed by atoms with Crippen molar-refractivity contribution in [1.29, 1.82) is 0 Å². The van der Waals surface area contributed by atoms with Gasteiger partial charge >= 0.3 is 0 Å². The molecule has 0 aromatic carbocycles. The van der Waals surface area contributed by atoms with E-state index in [1.54, 1.807) is 0 Å². The lowest BCUT2D eigenvalue weighted by Crippen LogP contribution is -2.15. The summed E-state index contributed by atoms with van der Waals surface area (Å²) in [6, 6.07) is 1.42. The Bertz CT molecular complexity index is 458. The highest BCUT2D eigenvalue weighted by Crippen LogP contribution is 1.99. The fourth-order valence-electron chi connectivity index (χ4n) is 0.853. The molecule has 0 unspecified atom stereocenters. The minimum absolute atomic E-state index is 0.0977. The molecule has 0 bridgehead atoms. The van der Waals surface area contributed by atoms with E-state index in [4.69, 9.17) is 5.73 Å². The van der Waals surface area contributed by atoms with Gasteiger partial charge in [-0.2, -0.15) is 10.2 Å². The SMILES string of the molecule is Nc1cc(-n2cncn2)n[nH]c1=O. The number of aromatic amines is 1. The third-order valence-electron chi connectivity index (χ3n) is 1.47. The average molecular weight is 178 g/mol. The van der Waals surface area contributed by atoms with Crippen LogP contribution in [0.1, 0.15) is 0 Å². The molecule has 7 nitrogen and oxygen atoms in total. The molecular formula is C6H6N6O. The van der Waals surface area contributed by atoms with Gasteiger partial charge in [0.05, 0.1) is 0 Å². The number of hydrogen-bond donors (Lipinski definition) is 2. The van der Waals surface area contributed by atoms with Gasteiger partial charge in [0.25, 0.3) is 5.56 Å². The highest BCUT2D eigenvalue weighted by molar-refractivity contribution is 5.39. The second-order valence-electron chi connectivity index (χ2n) is 2.35. The van der Waals surface area contributed by atoms with Crippen LogP contribution in [0.25, 0.3) is 5.82 Å². The molecule has 0 saturated heterocycles. The zero-order valence-electron chi connectivity index (χ0n) is 6.51. The van der Waals surface area contributed by atoms with Crippen LogP contribution in [0.5, 0.6) is 0 Å². The van der Waals surface area contributed by atoms with Crippen LogP contribution < -0.4 is 11.3 Å². The summed E-state index contributed by atoms with van der Waals surface area (Å²) in [7, 11) is 0. The van der Waals surface area contributed by atoms with Gasteiger partial charge in [0.2, 0.25) is 0 Å². The van der Waals surface area contributed by atoms with E-state index in [0.29, 0.717) is 5.82 Å². The van der Waals surface area contributed by atoms with E-state index >= 15 is 0 Å². The highest BCUT2D eigenvalue weighted by Gasteiger charge is 2.01. The monoisotopic (exact) mass is 178 g/mol. The quantitative estimate of drug-likeness (QED) is 0.579. The molecule has 0 amide bonds. The lowest BCUT2D eigenvalue weighted by molar-refractivity contribution is 0.807. The third-order valence-corrected chi connectivity index (χ3v) is 1.47. The molecule has 2 heterocycles. The van der Waals surface area contributed by atoms with Crippen LogP contribution in [0.3, 0.4) is 0 Å². The molecule has 0 atom stereocenters. The third kappa shape index (κ3) is 1.26. The van der Waals surface area contributed by atoms with Gasteiger partial charge in [0, 0.05) is 6.07 Å². The molecule has 0 spiro atoms. The number of H-pyrrole nitrogens is 1. The van der Waals surface area contributed by atoms with Crippen LogP contribution in [0.15, 0.2) is 23.5 Å². The molecule has 7 heteroatoms. The first-order valence-electron chi connectivity index (χ1n) is 3.47. The van der Waals surface area contributed by atoms with Crippen molar-refractivity contribution in [3.63, 3.8) is 0 Å². The first kappa shape index (κ1) is 7.47. The normalized spacial score (nSPS) is 10.2. The zero-order valence-corrected chi connectivity index (χ0v) is 6.51. The minimum atomic E-state index is -0.413. The Labute approximate surface area is 72.2 Å². The first-order chi connectivity index (χ1) is 6.27. The lowest BCUT2D eigenvalue weighted by Gasteiger charge is -1.97. The molecule has 0 saturated carbocycles. The smallest absolute Gasteiger partial charge is 0.287 e. The van der Waals surface area contributed by atoms with Crippen molar-refractivity contribution >= 4 is 5.69 Å². The van der Waals surface area contributed by atoms with Crippen molar-refractivity contribution in [2.45, 2.75) is 0 Å². The maximum Gasteiger partial charge on any atom is 0.287 e. The second kappa shape index (κ2) is 2.70. The number of aromatic nitrogens is 5. The van der Waals surface area contributed by atoms with Crippen LogP contribution in [0.2, 0.25) is 0 Å². The molecule has 2 aromatic rings. The molecule has 66 valence electrons. The summed E-state index contributed by atoms with van der Waals surface area (Å²) in [5, 5.41) is 9.78. The van der Waals surface area contributed by atoms with Gasteiger partial charge in [-0.05, 0) is 0 Å². The van der Waals surface area contributed by atoms with E-state index in [0.717, 1.165) is 0 Å². The first-order valence-corrected chi connectivity index (χ1v) is 3.47. The van der Waals surface area contributed by atoms with E-state index in [1.807, 2.05) is 0 Å². The molecule has 0 radical (unpaired) electrons. The largest absolute Gasteiger partial charge is 0.394 e. The van der Waals surface area contributed by atoms with E-state index in [9.17, 15) is 4.79 Å². The van der Waals surface area contributed by atoms with E-state index in [1.165, 1.54) is 23.4 Å². The second-order valence-corrected chi connectivity index (χ2v) is 2.35. The number of hydrogen-bond acceptors (Lipinski definition) is 5. The summed E-state index contributed by atoms with van der Waals surface area (Å²) in [5.74, 6) is 0.426. The number of nitrogen functional groups attached to an aromatic ring is 1. The van der Waals surface area contributed by atoms with Crippen LogP contribution in [-0.4, -0.2) is 25.0 Å². The Balaban J connectivity index is 2.55. The zero-order chi connectivity index (χ0) is 9.26. The van der Waals surface area contributed by atoms with Crippen molar-refractivity contribution in [1.82, 2.24) is 25.0 Å². The summed E-state index contributed by atoms with van der Waals surface area (Å²) < 4.78 is 1.40. The predicted octanol–water partition coefficient (Wildman–Crippen LogP) is -1.07. The Morgan fingerprint density at radius 2 is 2.38 bits per heavy atom. The maximum absolute atomic E-state index is 10.9. The Kier molecular flexibility index (Phi) is 1.55. The molecule has 0 aliphatic heterocycles. The molecule has 0 fully saturated rings. The van der Waals surface area contributed by atoms with Gasteiger partial charge in [-0.1, -0.05) is 0 Å². The summed E-state index contributed by atoms with van der Waals surface area (Å²) in [6.07, 6.45) is 2.82. The molecule has 0 aliphatic carbocycles. The Hall–Kier alpha value is -2.18. The molecule has 13 heavy (non-hydrogen) atoms. The summed E-state index contributed by atoms with van der Waals surface area (Å²) in [6.45, 7) is 0. The van der Waals surface area contributed by atoms with E-state index < -0.39 is 5.56 Å². The van der Waals surface area contributed by atoms with Crippen LogP contribution >= 0.6 is 0 Å². The van der Waals surface area contributed by atoms with Gasteiger partial charge in [0.1, 0.15) is 18.3 Å². The summed E-state index contributed by atoms with van der Waals surface area (Å²) in [5.41, 5.74) is 5.07. The fraction of sp³-hybridized carbons (Fsp3) is 0. The molecule has 3 N–H and O–H groups in total.